The van der Waals surface area contributed by atoms with Crippen LogP contribution < -0.4 is 0 Å². The molecule has 0 spiro atoms. The van der Waals surface area contributed by atoms with Crippen molar-refractivity contribution in [1.82, 2.24) is 0 Å². The Balaban J connectivity index is 1.79. The van der Waals surface area contributed by atoms with Gasteiger partial charge in [-0.3, -0.25) is 14.9 Å². The fourth-order valence-corrected chi connectivity index (χ4v) is 3.09. The van der Waals surface area contributed by atoms with E-state index >= 15 is 0 Å². The summed E-state index contributed by atoms with van der Waals surface area (Å²) in [5, 5.41) is 11.5. The number of hydrogen-bond donors (Lipinski definition) is 0. The Labute approximate surface area is 153 Å². The van der Waals surface area contributed by atoms with Crippen LogP contribution in [0, 0.1) is 16.0 Å². The molecule has 2 aromatic rings. The highest BCUT2D eigenvalue weighted by Gasteiger charge is 2.51. The Morgan fingerprint density at radius 3 is 2.60 bits per heavy atom. The topological polar surface area (TPSA) is 82.6 Å². The first kappa shape index (κ1) is 17.7. The van der Waals surface area contributed by atoms with Gasteiger partial charge in [0, 0.05) is 29.2 Å². The monoisotopic (exact) mass is 407 g/mol. The number of nitrogens with zero attached hydrogens (tertiary/aromatic N) is 1. The zero-order valence-corrected chi connectivity index (χ0v) is 15.4. The first-order valence-electron chi connectivity index (χ1n) is 7.94. The van der Waals surface area contributed by atoms with Gasteiger partial charge in [-0.05, 0) is 36.2 Å². The number of rotatable bonds is 6. The average molecular weight is 408 g/mol. The maximum atomic E-state index is 12.5. The summed E-state index contributed by atoms with van der Waals surface area (Å²) in [6.07, 6.45) is 1.23. The van der Waals surface area contributed by atoms with Crippen LogP contribution in [0.25, 0.3) is 0 Å². The van der Waals surface area contributed by atoms with Crippen LogP contribution in [0.2, 0.25) is 0 Å². The Bertz CT molecular complexity index is 769. The molecule has 0 N–H and O–H groups in total. The number of benzene rings is 1. The fraction of sp³-hybridized carbons (Fsp3) is 0.389. The zero-order chi connectivity index (χ0) is 18.2. The van der Waals surface area contributed by atoms with Gasteiger partial charge in [0.2, 0.25) is 0 Å². The molecule has 0 amide bonds. The predicted octanol–water partition coefficient (Wildman–Crippen LogP) is 4.49. The first-order valence-corrected chi connectivity index (χ1v) is 8.74. The summed E-state index contributed by atoms with van der Waals surface area (Å²) in [5.41, 5.74) is -0.855. The number of halogens is 1. The van der Waals surface area contributed by atoms with Crippen molar-refractivity contribution in [3.63, 3.8) is 0 Å². The Morgan fingerprint density at radius 2 is 2.04 bits per heavy atom. The lowest BCUT2D eigenvalue weighted by molar-refractivity contribution is -0.574. The van der Waals surface area contributed by atoms with Crippen LogP contribution in [0.3, 0.4) is 0 Å². The fourth-order valence-electron chi connectivity index (χ4n) is 2.83. The molecule has 25 heavy (non-hydrogen) atoms. The molecule has 1 saturated carbocycles. The van der Waals surface area contributed by atoms with Gasteiger partial charge in [0.15, 0.2) is 6.10 Å². The maximum Gasteiger partial charge on any atom is 0.310 e. The molecular formula is C18H18BrNO5. The van der Waals surface area contributed by atoms with E-state index in [9.17, 15) is 14.9 Å². The minimum absolute atomic E-state index is 0.00761. The number of hydrogen-bond acceptors (Lipinski definition) is 5. The van der Waals surface area contributed by atoms with Crippen molar-refractivity contribution in [2.45, 2.75) is 37.8 Å². The standard InChI is InChI=1S/C18H18BrNO5/c1-18(2,20(22)23)16(11-5-7-12(19)8-6-11)25-17(21)14-10-13(14)15-4-3-9-24-15/h3-9,13-14,16H,10H2,1-2H3/t13-,14+,16+/m0/s1. The van der Waals surface area contributed by atoms with Crippen molar-refractivity contribution >= 4 is 21.9 Å². The van der Waals surface area contributed by atoms with Gasteiger partial charge in [-0.25, -0.2) is 0 Å². The highest BCUT2D eigenvalue weighted by atomic mass is 79.9. The molecule has 7 heteroatoms. The molecule has 6 nitrogen and oxygen atoms in total. The lowest BCUT2D eigenvalue weighted by atomic mass is 9.91. The highest BCUT2D eigenvalue weighted by molar-refractivity contribution is 9.10. The molecule has 3 atom stereocenters. The Kier molecular flexibility index (Phi) is 4.69. The minimum Gasteiger partial charge on any atom is -0.469 e. The van der Waals surface area contributed by atoms with E-state index in [4.69, 9.17) is 9.15 Å². The summed E-state index contributed by atoms with van der Waals surface area (Å²) in [5.74, 6) is -0.00152. The van der Waals surface area contributed by atoms with Crippen LogP contribution in [-0.4, -0.2) is 16.4 Å². The van der Waals surface area contributed by atoms with E-state index in [0.717, 1.165) is 10.2 Å². The number of nitro groups is 1. The third-order valence-electron chi connectivity index (χ3n) is 4.52. The van der Waals surface area contributed by atoms with Gasteiger partial charge in [-0.15, -0.1) is 0 Å². The van der Waals surface area contributed by atoms with E-state index in [1.807, 2.05) is 6.07 Å². The average Bonchev–Trinajstić information content (AvgIpc) is 3.18. The molecule has 1 fully saturated rings. The van der Waals surface area contributed by atoms with E-state index in [0.29, 0.717) is 12.0 Å². The van der Waals surface area contributed by atoms with E-state index in [-0.39, 0.29) is 11.8 Å². The van der Waals surface area contributed by atoms with Gasteiger partial charge in [0.25, 0.3) is 5.54 Å². The molecule has 0 aliphatic heterocycles. The maximum absolute atomic E-state index is 12.5. The lowest BCUT2D eigenvalue weighted by Gasteiger charge is -2.27. The summed E-state index contributed by atoms with van der Waals surface area (Å²) in [6.45, 7) is 2.92. The van der Waals surface area contributed by atoms with Crippen molar-refractivity contribution in [3.8, 4) is 0 Å². The van der Waals surface area contributed by atoms with Crippen molar-refractivity contribution in [2.75, 3.05) is 0 Å². The molecule has 1 aromatic heterocycles. The Morgan fingerprint density at radius 1 is 1.36 bits per heavy atom. The van der Waals surface area contributed by atoms with Crippen molar-refractivity contribution in [2.24, 2.45) is 5.92 Å². The van der Waals surface area contributed by atoms with Crippen molar-refractivity contribution in [1.29, 1.82) is 0 Å². The van der Waals surface area contributed by atoms with Crippen molar-refractivity contribution in [3.05, 3.63) is 68.6 Å². The first-order chi connectivity index (χ1) is 11.8. The third-order valence-corrected chi connectivity index (χ3v) is 5.05. The smallest absolute Gasteiger partial charge is 0.310 e. The third kappa shape index (κ3) is 3.61. The summed E-state index contributed by atoms with van der Waals surface area (Å²) in [7, 11) is 0. The molecule has 0 saturated heterocycles. The molecule has 1 aliphatic carbocycles. The molecular weight excluding hydrogens is 390 g/mol. The second kappa shape index (κ2) is 6.63. The van der Waals surface area contributed by atoms with Crippen molar-refractivity contribution < 1.29 is 18.9 Å². The summed E-state index contributed by atoms with van der Waals surface area (Å²) >= 11 is 3.34. The van der Waals surface area contributed by atoms with E-state index in [1.165, 1.54) is 13.8 Å². The molecule has 0 unspecified atom stereocenters. The van der Waals surface area contributed by atoms with Gasteiger partial charge in [0.05, 0.1) is 12.2 Å². The molecule has 132 valence electrons. The second-order valence-corrected chi connectivity index (χ2v) is 7.66. The lowest BCUT2D eigenvalue weighted by Crippen LogP contribution is -2.40. The highest BCUT2D eigenvalue weighted by Crippen LogP contribution is 2.49. The molecule has 1 aromatic carbocycles. The largest absolute Gasteiger partial charge is 0.469 e. The number of ether oxygens (including phenoxy) is 1. The van der Waals surface area contributed by atoms with Gasteiger partial charge in [-0.1, -0.05) is 28.1 Å². The quantitative estimate of drug-likeness (QED) is 0.400. The van der Waals surface area contributed by atoms with Crippen LogP contribution in [0.5, 0.6) is 0 Å². The molecule has 0 radical (unpaired) electrons. The van der Waals surface area contributed by atoms with Crippen LogP contribution in [0.15, 0.2) is 51.6 Å². The number of carbonyl (C=O) groups excluding carboxylic acids is 1. The SMILES string of the molecule is CC(C)([C@H](OC(=O)[C@@H]1C[C@@H]1c1ccco1)c1ccc(Br)cc1)[N+](=O)[O-]. The number of esters is 1. The van der Waals surface area contributed by atoms with E-state index < -0.39 is 22.5 Å². The van der Waals surface area contributed by atoms with E-state index in [2.05, 4.69) is 15.9 Å². The van der Waals surface area contributed by atoms with Crippen LogP contribution in [0.1, 0.15) is 43.6 Å². The summed E-state index contributed by atoms with van der Waals surface area (Å²) < 4.78 is 11.8. The van der Waals surface area contributed by atoms with Gasteiger partial charge < -0.3 is 9.15 Å². The van der Waals surface area contributed by atoms with Crippen LogP contribution in [0.4, 0.5) is 0 Å². The van der Waals surface area contributed by atoms with Gasteiger partial charge in [0.1, 0.15) is 5.76 Å². The minimum atomic E-state index is -1.45. The Hall–Kier alpha value is -2.15. The van der Waals surface area contributed by atoms with Gasteiger partial charge >= 0.3 is 5.97 Å². The molecule has 1 aliphatic rings. The zero-order valence-electron chi connectivity index (χ0n) is 13.8. The second-order valence-electron chi connectivity index (χ2n) is 6.74. The van der Waals surface area contributed by atoms with E-state index in [1.54, 1.807) is 36.6 Å². The molecule has 0 bridgehead atoms. The number of furan rings is 1. The summed E-state index contributed by atoms with van der Waals surface area (Å²) in [4.78, 5) is 23.6. The molecule has 3 rings (SSSR count). The van der Waals surface area contributed by atoms with Crippen LogP contribution in [-0.2, 0) is 9.53 Å². The molecule has 1 heterocycles. The summed E-state index contributed by atoms with van der Waals surface area (Å²) in [6, 6.07) is 10.6. The normalized spacial score (nSPS) is 20.8. The number of carbonyl (C=O) groups is 1. The predicted molar refractivity (Wildman–Crippen MR) is 93.6 cm³/mol. The van der Waals surface area contributed by atoms with Crippen LogP contribution >= 0.6 is 15.9 Å². The van der Waals surface area contributed by atoms with Gasteiger partial charge in [-0.2, -0.15) is 0 Å².